The maximum atomic E-state index is 6.01. The van der Waals surface area contributed by atoms with E-state index in [4.69, 9.17) is 4.74 Å². The molecule has 0 unspecified atom stereocenters. The summed E-state index contributed by atoms with van der Waals surface area (Å²) in [6, 6.07) is 8.31. The lowest BCUT2D eigenvalue weighted by atomic mass is 9.78. The van der Waals surface area contributed by atoms with E-state index in [-0.39, 0.29) is 0 Å². The molecule has 1 saturated carbocycles. The third-order valence-electron chi connectivity index (χ3n) is 7.10. The molecule has 0 atom stereocenters. The molecule has 3 rings (SSSR count). The molecule has 0 bridgehead atoms. The molecule has 0 amide bonds. The van der Waals surface area contributed by atoms with Crippen molar-refractivity contribution in [2.24, 2.45) is 11.8 Å². The van der Waals surface area contributed by atoms with E-state index in [2.05, 4.69) is 48.1 Å². The summed E-state index contributed by atoms with van der Waals surface area (Å²) >= 11 is 0. The number of unbranched alkanes of at least 4 members (excludes halogenated alkanes) is 4. The fraction of sp³-hybridized carbons (Fsp3) is 0.655. The Morgan fingerprint density at radius 3 is 2.03 bits per heavy atom. The first-order chi connectivity index (χ1) is 15.8. The van der Waals surface area contributed by atoms with Gasteiger partial charge in [0.15, 0.2) is 0 Å². The summed E-state index contributed by atoms with van der Waals surface area (Å²) in [7, 11) is 0. The minimum atomic E-state index is 0.821. The molecule has 3 heteroatoms. The molecule has 1 fully saturated rings. The van der Waals surface area contributed by atoms with Gasteiger partial charge >= 0.3 is 0 Å². The lowest BCUT2D eigenvalue weighted by Gasteiger charge is -2.28. The molecule has 3 nitrogen and oxygen atoms in total. The van der Waals surface area contributed by atoms with E-state index in [9.17, 15) is 0 Å². The van der Waals surface area contributed by atoms with Gasteiger partial charge in [-0.1, -0.05) is 78.1 Å². The fourth-order valence-corrected chi connectivity index (χ4v) is 4.96. The summed E-state index contributed by atoms with van der Waals surface area (Å²) in [4.78, 5) is 9.19. The second-order valence-corrected chi connectivity index (χ2v) is 9.75. The molecule has 0 saturated heterocycles. The summed E-state index contributed by atoms with van der Waals surface area (Å²) < 4.78 is 6.01. The van der Waals surface area contributed by atoms with Crippen LogP contribution in [-0.2, 0) is 6.42 Å². The molecule has 0 radical (unpaired) electrons. The van der Waals surface area contributed by atoms with Crippen LogP contribution in [0.4, 0.5) is 0 Å². The van der Waals surface area contributed by atoms with Gasteiger partial charge in [-0.3, -0.25) is 9.97 Å². The van der Waals surface area contributed by atoms with Gasteiger partial charge in [-0.25, -0.2) is 0 Å². The van der Waals surface area contributed by atoms with Gasteiger partial charge in [0.25, 0.3) is 0 Å². The van der Waals surface area contributed by atoms with E-state index >= 15 is 0 Å². The summed E-state index contributed by atoms with van der Waals surface area (Å²) in [5.74, 6) is 2.89. The Hall–Kier alpha value is -1.90. The number of hydrogen-bond donors (Lipinski definition) is 0. The van der Waals surface area contributed by atoms with Crippen LogP contribution in [0.3, 0.4) is 0 Å². The van der Waals surface area contributed by atoms with E-state index in [0.29, 0.717) is 0 Å². The molecule has 0 spiro atoms. The average Bonchev–Trinajstić information content (AvgIpc) is 2.84. The quantitative estimate of drug-likeness (QED) is 0.279. The average molecular weight is 437 g/mol. The molecular weight excluding hydrogens is 392 g/mol. The Balaban J connectivity index is 1.32. The molecule has 0 N–H and O–H groups in total. The van der Waals surface area contributed by atoms with Crippen LogP contribution in [0.2, 0.25) is 0 Å². The second-order valence-electron chi connectivity index (χ2n) is 9.75. The van der Waals surface area contributed by atoms with Gasteiger partial charge in [-0.2, -0.15) is 0 Å². The molecule has 1 aromatic heterocycles. The van der Waals surface area contributed by atoms with Gasteiger partial charge in [0.05, 0.1) is 24.2 Å². The van der Waals surface area contributed by atoms with Crippen LogP contribution >= 0.6 is 0 Å². The topological polar surface area (TPSA) is 35.0 Å². The van der Waals surface area contributed by atoms with Crippen molar-refractivity contribution in [3.05, 3.63) is 42.4 Å². The van der Waals surface area contributed by atoms with Crippen LogP contribution in [0.1, 0.15) is 103 Å². The molecule has 1 heterocycles. The maximum Gasteiger partial charge on any atom is 0.119 e. The predicted molar refractivity (Wildman–Crippen MR) is 135 cm³/mol. The number of benzene rings is 1. The van der Waals surface area contributed by atoms with Crippen LogP contribution in [0, 0.1) is 11.8 Å². The lowest BCUT2D eigenvalue weighted by molar-refractivity contribution is 0.228. The first-order valence-electron chi connectivity index (χ1n) is 13.3. The highest BCUT2D eigenvalue weighted by Crippen LogP contribution is 2.34. The summed E-state index contributed by atoms with van der Waals surface area (Å²) in [6.07, 6.45) is 22.5. The summed E-state index contributed by atoms with van der Waals surface area (Å²) in [5, 5.41) is 0. The first-order valence-corrected chi connectivity index (χ1v) is 13.3. The second kappa shape index (κ2) is 14.3. The molecular formula is C29H44N2O. The largest absolute Gasteiger partial charge is 0.494 e. The molecule has 2 aromatic rings. The van der Waals surface area contributed by atoms with E-state index in [0.717, 1.165) is 54.0 Å². The van der Waals surface area contributed by atoms with Gasteiger partial charge in [0.1, 0.15) is 5.75 Å². The van der Waals surface area contributed by atoms with Crippen molar-refractivity contribution < 1.29 is 4.74 Å². The van der Waals surface area contributed by atoms with E-state index in [1.54, 1.807) is 0 Å². The molecule has 1 aliphatic rings. The summed E-state index contributed by atoms with van der Waals surface area (Å²) in [6.45, 7) is 5.35. The monoisotopic (exact) mass is 436 g/mol. The van der Waals surface area contributed by atoms with Crippen molar-refractivity contribution in [1.29, 1.82) is 0 Å². The Labute approximate surface area is 196 Å². The number of aromatic nitrogens is 2. The van der Waals surface area contributed by atoms with Gasteiger partial charge < -0.3 is 4.74 Å². The minimum Gasteiger partial charge on any atom is -0.494 e. The summed E-state index contributed by atoms with van der Waals surface area (Å²) in [5.41, 5.74) is 3.12. The number of hydrogen-bond acceptors (Lipinski definition) is 3. The van der Waals surface area contributed by atoms with E-state index in [1.807, 2.05) is 12.4 Å². The van der Waals surface area contributed by atoms with Crippen LogP contribution < -0.4 is 4.74 Å². The highest BCUT2D eigenvalue weighted by atomic mass is 16.5. The first kappa shape index (κ1) is 24.7. The van der Waals surface area contributed by atoms with Crippen LogP contribution in [0.5, 0.6) is 5.75 Å². The van der Waals surface area contributed by atoms with Crippen LogP contribution in [0.25, 0.3) is 11.3 Å². The molecule has 1 aliphatic carbocycles. The van der Waals surface area contributed by atoms with Crippen molar-refractivity contribution in [1.82, 2.24) is 9.97 Å². The normalized spacial score (nSPS) is 18.6. The Morgan fingerprint density at radius 1 is 0.750 bits per heavy atom. The predicted octanol–water partition coefficient (Wildman–Crippen LogP) is 8.42. The van der Waals surface area contributed by atoms with Crippen molar-refractivity contribution in [3.63, 3.8) is 0 Å². The maximum absolute atomic E-state index is 6.01. The standard InChI is InChI=1S/C29H44N2O/c1-3-5-7-10-24-13-15-25(16-14-24)11-9-21-32-28-19-17-26(18-20-28)29-23-30-27(22-31-29)12-8-6-4-2/h17-20,22-25H,3-16,21H2,1-2H3/t24-,25-. The lowest BCUT2D eigenvalue weighted by Crippen LogP contribution is -2.15. The number of ether oxygens (including phenoxy) is 1. The highest BCUT2D eigenvalue weighted by molar-refractivity contribution is 5.58. The van der Waals surface area contributed by atoms with Crippen LogP contribution in [0.15, 0.2) is 36.7 Å². The molecule has 0 aliphatic heterocycles. The Morgan fingerprint density at radius 2 is 1.41 bits per heavy atom. The van der Waals surface area contributed by atoms with E-state index in [1.165, 1.54) is 77.0 Å². The molecule has 176 valence electrons. The van der Waals surface area contributed by atoms with Crippen molar-refractivity contribution >= 4 is 0 Å². The fourth-order valence-electron chi connectivity index (χ4n) is 4.96. The third-order valence-corrected chi connectivity index (χ3v) is 7.10. The highest BCUT2D eigenvalue weighted by Gasteiger charge is 2.20. The number of rotatable bonds is 14. The van der Waals surface area contributed by atoms with Crippen molar-refractivity contribution in [2.75, 3.05) is 6.61 Å². The minimum absolute atomic E-state index is 0.821. The zero-order valence-corrected chi connectivity index (χ0v) is 20.5. The number of nitrogens with zero attached hydrogens (tertiary/aromatic N) is 2. The van der Waals surface area contributed by atoms with Gasteiger partial charge in [0, 0.05) is 11.8 Å². The number of aryl methyl sites for hydroxylation is 1. The van der Waals surface area contributed by atoms with Gasteiger partial charge in [0.2, 0.25) is 0 Å². The van der Waals surface area contributed by atoms with Gasteiger partial charge in [-0.15, -0.1) is 0 Å². The zero-order chi connectivity index (χ0) is 22.4. The Bertz CT molecular complexity index is 733. The zero-order valence-electron chi connectivity index (χ0n) is 20.5. The van der Waals surface area contributed by atoms with E-state index < -0.39 is 0 Å². The van der Waals surface area contributed by atoms with Gasteiger partial charge in [-0.05, 0) is 61.8 Å². The molecule has 32 heavy (non-hydrogen) atoms. The molecule has 1 aromatic carbocycles. The van der Waals surface area contributed by atoms with Crippen molar-refractivity contribution in [2.45, 2.75) is 104 Å². The van der Waals surface area contributed by atoms with Crippen LogP contribution in [-0.4, -0.2) is 16.6 Å². The smallest absolute Gasteiger partial charge is 0.119 e. The SMILES string of the molecule is CCCCCc1cnc(-c2ccc(OCCC[C@H]3CC[C@H](CCCCC)CC3)cc2)cn1. The third kappa shape index (κ3) is 8.56. The Kier molecular flexibility index (Phi) is 11.0. The van der Waals surface area contributed by atoms with Crippen molar-refractivity contribution in [3.8, 4) is 17.0 Å².